The number of benzene rings is 1. The molecule has 4 nitrogen and oxygen atoms in total. The monoisotopic (exact) mass is 278 g/mol. The number of methoxy groups -OCH3 is 1. The zero-order chi connectivity index (χ0) is 13.7. The summed E-state index contributed by atoms with van der Waals surface area (Å²) in [6, 6.07) is 6.31. The summed E-state index contributed by atoms with van der Waals surface area (Å²) in [5.41, 5.74) is 6.72. The van der Waals surface area contributed by atoms with Gasteiger partial charge >= 0.3 is 0 Å². The van der Waals surface area contributed by atoms with Crippen LogP contribution >= 0.6 is 11.8 Å². The van der Waals surface area contributed by atoms with Crippen LogP contribution in [0, 0.1) is 0 Å². The van der Waals surface area contributed by atoms with Gasteiger partial charge in [0.05, 0.1) is 7.11 Å². The molecule has 0 spiro atoms. The first-order valence-corrected chi connectivity index (χ1v) is 7.39. The Hall–Kier alpha value is -1.46. The molecule has 1 amide bonds. The van der Waals surface area contributed by atoms with Crippen molar-refractivity contribution in [3.8, 4) is 5.75 Å². The fourth-order valence-electron chi connectivity index (χ4n) is 1.89. The van der Waals surface area contributed by atoms with Crippen LogP contribution in [-0.2, 0) is 4.79 Å². The Labute approximate surface area is 117 Å². The molecule has 1 unspecified atom stereocenters. The lowest BCUT2D eigenvalue weighted by molar-refractivity contribution is -0.123. The van der Waals surface area contributed by atoms with Crippen LogP contribution in [0.1, 0.15) is 18.4 Å². The molecule has 0 bridgehead atoms. The quantitative estimate of drug-likeness (QED) is 0.829. The predicted molar refractivity (Wildman–Crippen MR) is 78.1 cm³/mol. The van der Waals surface area contributed by atoms with E-state index in [1.165, 1.54) is 4.90 Å². The molecule has 1 aromatic rings. The van der Waals surface area contributed by atoms with Crippen molar-refractivity contribution in [2.24, 2.45) is 0 Å². The lowest BCUT2D eigenvalue weighted by atomic mass is 10.1. The fraction of sp³-hybridized carbons (Fsp3) is 0.357. The minimum Gasteiger partial charge on any atom is -0.497 e. The predicted octanol–water partition coefficient (Wildman–Crippen LogP) is 2.21. The van der Waals surface area contributed by atoms with E-state index in [9.17, 15) is 4.79 Å². The van der Waals surface area contributed by atoms with Gasteiger partial charge in [0.25, 0.3) is 0 Å². The summed E-state index contributed by atoms with van der Waals surface area (Å²) in [5, 5.41) is 0. The van der Waals surface area contributed by atoms with Crippen molar-refractivity contribution in [3.05, 3.63) is 29.8 Å². The summed E-state index contributed by atoms with van der Waals surface area (Å²) in [6.45, 7) is 0. The average molecular weight is 278 g/mol. The molecule has 0 radical (unpaired) electrons. The SMILES string of the molecule is COc1cc(/C=C/C2CCC(=O)NN2)cc(SC)c1. The van der Waals surface area contributed by atoms with Gasteiger partial charge in [0.2, 0.25) is 5.91 Å². The molecule has 19 heavy (non-hydrogen) atoms. The van der Waals surface area contributed by atoms with Crippen molar-refractivity contribution >= 4 is 23.7 Å². The maximum Gasteiger partial charge on any atom is 0.234 e. The van der Waals surface area contributed by atoms with Gasteiger partial charge in [-0.05, 0) is 36.4 Å². The van der Waals surface area contributed by atoms with Gasteiger partial charge in [-0.25, -0.2) is 5.43 Å². The highest BCUT2D eigenvalue weighted by Gasteiger charge is 2.14. The minimum absolute atomic E-state index is 0.0516. The summed E-state index contributed by atoms with van der Waals surface area (Å²) in [5.74, 6) is 0.909. The van der Waals surface area contributed by atoms with Crippen molar-refractivity contribution in [1.29, 1.82) is 0 Å². The van der Waals surface area contributed by atoms with E-state index in [4.69, 9.17) is 4.74 Å². The Morgan fingerprint density at radius 2 is 2.26 bits per heavy atom. The molecule has 102 valence electrons. The number of hydrazine groups is 1. The second kappa shape index (κ2) is 6.63. The number of amides is 1. The lowest BCUT2D eigenvalue weighted by Gasteiger charge is -2.20. The standard InChI is InChI=1S/C14H18N2O2S/c1-18-12-7-10(8-13(9-12)19-2)3-4-11-5-6-14(17)16-15-11/h3-4,7-9,11,15H,5-6H2,1-2H3,(H,16,17)/b4-3+. The first-order valence-electron chi connectivity index (χ1n) is 6.17. The largest absolute Gasteiger partial charge is 0.497 e. The summed E-state index contributed by atoms with van der Waals surface area (Å²) >= 11 is 1.69. The van der Waals surface area contributed by atoms with Crippen LogP contribution in [0.2, 0.25) is 0 Å². The van der Waals surface area contributed by atoms with Crippen molar-refractivity contribution < 1.29 is 9.53 Å². The molecule has 1 saturated heterocycles. The van der Waals surface area contributed by atoms with E-state index in [2.05, 4.69) is 29.1 Å². The van der Waals surface area contributed by atoms with E-state index in [0.717, 1.165) is 17.7 Å². The molecule has 2 rings (SSSR count). The van der Waals surface area contributed by atoms with Gasteiger partial charge in [0.15, 0.2) is 0 Å². The van der Waals surface area contributed by atoms with Crippen LogP contribution < -0.4 is 15.6 Å². The van der Waals surface area contributed by atoms with E-state index in [0.29, 0.717) is 6.42 Å². The topological polar surface area (TPSA) is 50.4 Å². The number of nitrogens with one attached hydrogen (secondary N) is 2. The fourth-order valence-corrected chi connectivity index (χ4v) is 2.38. The molecule has 1 heterocycles. The molecule has 1 atom stereocenters. The molecule has 1 aliphatic heterocycles. The number of carbonyl (C=O) groups excluding carboxylic acids is 1. The zero-order valence-electron chi connectivity index (χ0n) is 11.1. The molecule has 0 aliphatic carbocycles. The third-order valence-corrected chi connectivity index (χ3v) is 3.68. The Morgan fingerprint density at radius 3 is 2.89 bits per heavy atom. The minimum atomic E-state index is 0.0516. The molecule has 1 aromatic carbocycles. The first kappa shape index (κ1) is 14.0. The summed E-state index contributed by atoms with van der Waals surface area (Å²) in [7, 11) is 1.67. The first-order chi connectivity index (χ1) is 9.21. The number of hydrogen-bond acceptors (Lipinski definition) is 4. The van der Waals surface area contributed by atoms with E-state index in [-0.39, 0.29) is 11.9 Å². The Bertz CT molecular complexity index is 456. The van der Waals surface area contributed by atoms with Crippen LogP contribution in [0.3, 0.4) is 0 Å². The van der Waals surface area contributed by atoms with Crippen LogP contribution in [0.15, 0.2) is 29.2 Å². The smallest absolute Gasteiger partial charge is 0.234 e. The van der Waals surface area contributed by atoms with E-state index >= 15 is 0 Å². The van der Waals surface area contributed by atoms with E-state index < -0.39 is 0 Å². The van der Waals surface area contributed by atoms with Crippen molar-refractivity contribution in [2.75, 3.05) is 13.4 Å². The maximum atomic E-state index is 11.0. The highest BCUT2D eigenvalue weighted by molar-refractivity contribution is 7.98. The normalized spacial score (nSPS) is 19.5. The highest BCUT2D eigenvalue weighted by Crippen LogP contribution is 2.24. The van der Waals surface area contributed by atoms with Crippen molar-refractivity contribution in [1.82, 2.24) is 10.9 Å². The summed E-state index contributed by atoms with van der Waals surface area (Å²) < 4.78 is 5.28. The number of thioether (sulfide) groups is 1. The van der Waals surface area contributed by atoms with Gasteiger partial charge in [0.1, 0.15) is 5.75 Å². The lowest BCUT2D eigenvalue weighted by Crippen LogP contribution is -2.48. The van der Waals surface area contributed by atoms with Gasteiger partial charge in [-0.1, -0.05) is 12.2 Å². The van der Waals surface area contributed by atoms with Gasteiger partial charge in [-0.15, -0.1) is 11.8 Å². The average Bonchev–Trinajstić information content (AvgIpc) is 2.46. The Kier molecular flexibility index (Phi) is 4.87. The molecule has 1 aliphatic rings. The second-order valence-corrected chi connectivity index (χ2v) is 5.22. The highest BCUT2D eigenvalue weighted by atomic mass is 32.2. The zero-order valence-corrected chi connectivity index (χ0v) is 11.9. The number of rotatable bonds is 4. The van der Waals surface area contributed by atoms with Crippen molar-refractivity contribution in [2.45, 2.75) is 23.8 Å². The molecular formula is C14H18N2O2S. The molecule has 0 saturated carbocycles. The van der Waals surface area contributed by atoms with E-state index in [1.54, 1.807) is 18.9 Å². The second-order valence-electron chi connectivity index (χ2n) is 4.34. The molecule has 5 heteroatoms. The van der Waals surface area contributed by atoms with Crippen LogP contribution in [0.4, 0.5) is 0 Å². The van der Waals surface area contributed by atoms with Gasteiger partial charge in [0, 0.05) is 17.4 Å². The van der Waals surface area contributed by atoms with Crippen molar-refractivity contribution in [3.63, 3.8) is 0 Å². The third-order valence-electron chi connectivity index (χ3n) is 2.97. The maximum absolute atomic E-state index is 11.0. The van der Waals surface area contributed by atoms with Gasteiger partial charge in [-0.2, -0.15) is 0 Å². The van der Waals surface area contributed by atoms with Gasteiger partial charge in [-0.3, -0.25) is 10.2 Å². The summed E-state index contributed by atoms with van der Waals surface area (Å²) in [4.78, 5) is 12.2. The summed E-state index contributed by atoms with van der Waals surface area (Å²) in [6.07, 6.45) is 7.55. The molecular weight excluding hydrogens is 260 g/mol. The Morgan fingerprint density at radius 1 is 1.42 bits per heavy atom. The van der Waals surface area contributed by atoms with Crippen LogP contribution in [0.25, 0.3) is 6.08 Å². The van der Waals surface area contributed by atoms with Gasteiger partial charge < -0.3 is 4.74 Å². The van der Waals surface area contributed by atoms with Crippen LogP contribution in [-0.4, -0.2) is 25.3 Å². The van der Waals surface area contributed by atoms with E-state index in [1.807, 2.05) is 18.4 Å². The molecule has 0 aromatic heterocycles. The third kappa shape index (κ3) is 4.01. The molecule has 2 N–H and O–H groups in total. The van der Waals surface area contributed by atoms with Crippen LogP contribution in [0.5, 0.6) is 5.75 Å². The number of carbonyl (C=O) groups is 1. The molecule has 1 fully saturated rings. The Balaban J connectivity index is 2.07. The number of hydrogen-bond donors (Lipinski definition) is 2. The number of ether oxygens (including phenoxy) is 1.